The van der Waals surface area contributed by atoms with Crippen LogP contribution in [0.2, 0.25) is 0 Å². The van der Waals surface area contributed by atoms with Gasteiger partial charge in [0, 0.05) is 17.8 Å². The molecule has 0 aliphatic heterocycles. The molecular formula is C17H13F3N4O4. The van der Waals surface area contributed by atoms with Crippen LogP contribution in [0.4, 0.5) is 24.5 Å². The topological polar surface area (TPSA) is 99.3 Å². The minimum atomic E-state index is -4.62. The summed E-state index contributed by atoms with van der Waals surface area (Å²) in [6, 6.07) is 7.11. The minimum Gasteiger partial charge on any atom is -0.497 e. The molecule has 146 valence electrons. The van der Waals surface area contributed by atoms with E-state index < -0.39 is 22.6 Å². The lowest BCUT2D eigenvalue weighted by Crippen LogP contribution is -2.19. The number of aromatic nitrogens is 2. The van der Waals surface area contributed by atoms with Crippen molar-refractivity contribution >= 4 is 28.3 Å². The first-order valence-electron chi connectivity index (χ1n) is 7.83. The highest BCUT2D eigenvalue weighted by atomic mass is 19.4. The SMILES string of the molecule is COc1cc(NC(=O)Cn2cnc3cccc([N+](=O)[O-])c32)cc(C(F)(F)F)c1. The highest BCUT2D eigenvalue weighted by Crippen LogP contribution is 2.34. The number of nitro benzene ring substituents is 1. The van der Waals surface area contributed by atoms with E-state index in [2.05, 4.69) is 10.3 Å². The third kappa shape index (κ3) is 3.87. The number of halogens is 3. The Bertz CT molecular complexity index is 1060. The van der Waals surface area contributed by atoms with Crippen molar-refractivity contribution in [3.63, 3.8) is 0 Å². The standard InChI is InChI=1S/C17H13F3N4O4/c1-28-12-6-10(17(18,19)20)5-11(7-12)22-15(25)8-23-9-21-13-3-2-4-14(16(13)23)24(26)27/h2-7,9H,8H2,1H3,(H,22,25). The van der Waals surface area contributed by atoms with Crippen molar-refractivity contribution in [3.8, 4) is 5.75 Å². The number of carbonyl (C=O) groups excluding carboxylic acids is 1. The summed E-state index contributed by atoms with van der Waals surface area (Å²) < 4.78 is 45.0. The van der Waals surface area contributed by atoms with Crippen LogP contribution in [-0.4, -0.2) is 27.5 Å². The molecule has 0 bridgehead atoms. The first-order valence-corrected chi connectivity index (χ1v) is 7.83. The summed E-state index contributed by atoms with van der Waals surface area (Å²) in [6.07, 6.45) is -3.36. The van der Waals surface area contributed by atoms with Gasteiger partial charge in [-0.2, -0.15) is 13.2 Å². The predicted octanol–water partition coefficient (Wildman–Crippen LogP) is 3.61. The molecule has 1 heterocycles. The van der Waals surface area contributed by atoms with Crippen LogP contribution < -0.4 is 10.1 Å². The van der Waals surface area contributed by atoms with Gasteiger partial charge < -0.3 is 14.6 Å². The zero-order valence-corrected chi connectivity index (χ0v) is 14.4. The van der Waals surface area contributed by atoms with Gasteiger partial charge in [-0.05, 0) is 18.2 Å². The Kier molecular flexibility index (Phi) is 4.91. The number of nitrogens with zero attached hydrogens (tertiary/aromatic N) is 3. The van der Waals surface area contributed by atoms with E-state index in [-0.39, 0.29) is 29.2 Å². The van der Waals surface area contributed by atoms with Crippen molar-refractivity contribution in [1.82, 2.24) is 9.55 Å². The van der Waals surface area contributed by atoms with E-state index in [4.69, 9.17) is 4.74 Å². The van der Waals surface area contributed by atoms with Gasteiger partial charge in [-0.25, -0.2) is 4.98 Å². The molecule has 1 aromatic heterocycles. The molecule has 1 amide bonds. The van der Waals surface area contributed by atoms with Crippen molar-refractivity contribution in [3.05, 3.63) is 58.4 Å². The molecule has 0 aliphatic carbocycles. The van der Waals surface area contributed by atoms with Gasteiger partial charge in [0.25, 0.3) is 5.69 Å². The average molecular weight is 394 g/mol. The summed E-state index contributed by atoms with van der Waals surface area (Å²) in [7, 11) is 1.21. The zero-order valence-electron chi connectivity index (χ0n) is 14.4. The Morgan fingerprint density at radius 1 is 1.32 bits per heavy atom. The van der Waals surface area contributed by atoms with E-state index in [1.807, 2.05) is 0 Å². The molecule has 28 heavy (non-hydrogen) atoms. The summed E-state index contributed by atoms with van der Waals surface area (Å²) >= 11 is 0. The van der Waals surface area contributed by atoms with Crippen molar-refractivity contribution in [1.29, 1.82) is 0 Å². The Morgan fingerprint density at radius 3 is 2.71 bits per heavy atom. The molecule has 8 nitrogen and oxygen atoms in total. The third-order valence-corrected chi connectivity index (χ3v) is 3.88. The van der Waals surface area contributed by atoms with E-state index in [1.165, 1.54) is 36.2 Å². The lowest BCUT2D eigenvalue weighted by atomic mass is 10.1. The molecule has 3 rings (SSSR count). The van der Waals surface area contributed by atoms with Crippen LogP contribution in [0.15, 0.2) is 42.7 Å². The predicted molar refractivity (Wildman–Crippen MR) is 93.0 cm³/mol. The van der Waals surface area contributed by atoms with Gasteiger partial charge in [0.15, 0.2) is 0 Å². The van der Waals surface area contributed by atoms with Gasteiger partial charge >= 0.3 is 6.18 Å². The quantitative estimate of drug-likeness (QED) is 0.526. The summed E-state index contributed by atoms with van der Waals surface area (Å²) in [5.74, 6) is -0.757. The molecule has 1 N–H and O–H groups in total. The van der Waals surface area contributed by atoms with Crippen molar-refractivity contribution in [2.75, 3.05) is 12.4 Å². The number of anilines is 1. The number of hydrogen-bond donors (Lipinski definition) is 1. The highest BCUT2D eigenvalue weighted by Gasteiger charge is 2.31. The van der Waals surface area contributed by atoms with Crippen LogP contribution >= 0.6 is 0 Å². The number of rotatable bonds is 5. The Morgan fingerprint density at radius 2 is 2.07 bits per heavy atom. The fourth-order valence-corrected chi connectivity index (χ4v) is 2.68. The molecule has 0 aliphatic rings. The van der Waals surface area contributed by atoms with Gasteiger partial charge in [0.2, 0.25) is 5.91 Å². The summed E-state index contributed by atoms with van der Waals surface area (Å²) in [4.78, 5) is 26.9. The number of hydrogen-bond acceptors (Lipinski definition) is 5. The third-order valence-electron chi connectivity index (χ3n) is 3.88. The van der Waals surface area contributed by atoms with E-state index >= 15 is 0 Å². The van der Waals surface area contributed by atoms with E-state index in [0.29, 0.717) is 5.52 Å². The summed E-state index contributed by atoms with van der Waals surface area (Å²) in [6.45, 7) is -0.375. The van der Waals surface area contributed by atoms with E-state index in [0.717, 1.165) is 12.1 Å². The molecule has 0 spiro atoms. The molecule has 0 radical (unpaired) electrons. The second kappa shape index (κ2) is 7.18. The average Bonchev–Trinajstić information content (AvgIpc) is 3.03. The number of fused-ring (bicyclic) bond motifs is 1. The number of nitrogens with one attached hydrogen (secondary N) is 1. The van der Waals surface area contributed by atoms with E-state index in [9.17, 15) is 28.1 Å². The van der Waals surface area contributed by atoms with Crippen LogP contribution in [-0.2, 0) is 17.5 Å². The molecule has 0 atom stereocenters. The smallest absolute Gasteiger partial charge is 0.416 e. The monoisotopic (exact) mass is 394 g/mol. The maximum absolute atomic E-state index is 13.0. The number of amides is 1. The van der Waals surface area contributed by atoms with Crippen molar-refractivity contribution in [2.24, 2.45) is 0 Å². The van der Waals surface area contributed by atoms with Crippen LogP contribution in [0.5, 0.6) is 5.75 Å². The molecule has 0 fully saturated rings. The molecule has 0 saturated carbocycles. The van der Waals surface area contributed by atoms with Crippen LogP contribution in [0, 0.1) is 10.1 Å². The molecule has 2 aromatic carbocycles. The molecule has 3 aromatic rings. The summed E-state index contributed by atoms with van der Waals surface area (Å²) in [5, 5.41) is 13.5. The number of ether oxygens (including phenoxy) is 1. The van der Waals surface area contributed by atoms with Crippen LogP contribution in [0.1, 0.15) is 5.56 Å². The number of para-hydroxylation sites is 1. The van der Waals surface area contributed by atoms with Gasteiger partial charge in [0.05, 0.1) is 29.4 Å². The maximum Gasteiger partial charge on any atom is 0.416 e. The summed E-state index contributed by atoms with van der Waals surface area (Å²) in [5.41, 5.74) is -0.864. The molecule has 11 heteroatoms. The van der Waals surface area contributed by atoms with Gasteiger partial charge in [-0.1, -0.05) is 6.07 Å². The Hall–Kier alpha value is -3.63. The molecular weight excluding hydrogens is 381 g/mol. The number of nitro groups is 1. The molecule has 0 unspecified atom stereocenters. The lowest BCUT2D eigenvalue weighted by molar-refractivity contribution is -0.383. The number of non-ortho nitro benzene ring substituents is 1. The number of alkyl halides is 3. The van der Waals surface area contributed by atoms with E-state index in [1.54, 1.807) is 6.07 Å². The first kappa shape index (κ1) is 19.1. The number of imidazole rings is 1. The first-order chi connectivity index (χ1) is 13.2. The largest absolute Gasteiger partial charge is 0.497 e. The van der Waals surface area contributed by atoms with Gasteiger partial charge in [0.1, 0.15) is 17.8 Å². The van der Waals surface area contributed by atoms with Crippen molar-refractivity contribution in [2.45, 2.75) is 12.7 Å². The second-order valence-electron chi connectivity index (χ2n) is 5.77. The number of methoxy groups -OCH3 is 1. The van der Waals surface area contributed by atoms with Crippen LogP contribution in [0.3, 0.4) is 0 Å². The highest BCUT2D eigenvalue weighted by molar-refractivity contribution is 5.93. The Labute approximate surface area is 155 Å². The van der Waals surface area contributed by atoms with Gasteiger partial charge in [-0.15, -0.1) is 0 Å². The zero-order chi connectivity index (χ0) is 20.5. The normalized spacial score (nSPS) is 11.4. The van der Waals surface area contributed by atoms with Crippen LogP contribution in [0.25, 0.3) is 11.0 Å². The van der Waals surface area contributed by atoms with Gasteiger partial charge in [-0.3, -0.25) is 14.9 Å². The number of carbonyl (C=O) groups is 1. The fraction of sp³-hybridized carbons (Fsp3) is 0.176. The van der Waals surface area contributed by atoms with Crippen molar-refractivity contribution < 1.29 is 27.6 Å². The second-order valence-corrected chi connectivity index (χ2v) is 5.77. The lowest BCUT2D eigenvalue weighted by Gasteiger charge is -2.13. The fourth-order valence-electron chi connectivity index (χ4n) is 2.68. The Balaban J connectivity index is 1.88. The number of benzene rings is 2. The molecule has 0 saturated heterocycles. The maximum atomic E-state index is 13.0. The minimum absolute atomic E-state index is 0.0751.